The molecule has 4 rings (SSSR count). The molecule has 3 aromatic carbocycles. The van der Waals surface area contributed by atoms with E-state index in [-0.39, 0.29) is 11.7 Å². The van der Waals surface area contributed by atoms with E-state index in [4.69, 9.17) is 11.6 Å². The summed E-state index contributed by atoms with van der Waals surface area (Å²) >= 11 is 7.40. The van der Waals surface area contributed by atoms with E-state index in [9.17, 15) is 9.59 Å². The second-order valence-electron chi connectivity index (χ2n) is 7.77. The van der Waals surface area contributed by atoms with Gasteiger partial charge in [0, 0.05) is 21.8 Å². The number of halogens is 1. The highest BCUT2D eigenvalue weighted by molar-refractivity contribution is 8.00. The fourth-order valence-electron chi connectivity index (χ4n) is 3.34. The molecule has 0 aliphatic rings. The maximum absolute atomic E-state index is 12.8. The molecular formula is C26H23ClN4O2S. The van der Waals surface area contributed by atoms with Crippen molar-refractivity contribution in [2.45, 2.75) is 30.8 Å². The molecule has 1 amide bonds. The zero-order valence-electron chi connectivity index (χ0n) is 18.7. The first-order valence-electron chi connectivity index (χ1n) is 10.7. The molecule has 1 heterocycles. The third-order valence-corrected chi connectivity index (χ3v) is 6.55. The molecule has 0 spiro atoms. The summed E-state index contributed by atoms with van der Waals surface area (Å²) in [4.78, 5) is 24.3. The molecule has 0 fully saturated rings. The number of thioether (sulfide) groups is 1. The van der Waals surface area contributed by atoms with Gasteiger partial charge in [-0.25, -0.2) is 0 Å². The van der Waals surface area contributed by atoms with Crippen molar-refractivity contribution in [2.24, 2.45) is 0 Å². The minimum Gasteiger partial charge on any atom is -0.325 e. The molecule has 1 unspecified atom stereocenters. The van der Waals surface area contributed by atoms with Crippen molar-refractivity contribution in [3.05, 3.63) is 95.0 Å². The number of carbonyl (C=O) groups is 2. The van der Waals surface area contributed by atoms with Gasteiger partial charge in [-0.3, -0.25) is 14.2 Å². The van der Waals surface area contributed by atoms with Crippen molar-refractivity contribution < 1.29 is 9.59 Å². The standard InChI is InChI=1S/C26H23ClN4O2S/c1-17(32)20-10-14-23(15-11-20)28-25(33)18(2)34-26-30-29-24(21-8-12-22(27)13-9-21)31(26)16-19-6-4-3-5-7-19/h3-15,18H,16H2,1-2H3,(H,28,33). The van der Waals surface area contributed by atoms with Gasteiger partial charge in [-0.05, 0) is 67.9 Å². The van der Waals surface area contributed by atoms with Crippen LogP contribution in [0.1, 0.15) is 29.8 Å². The van der Waals surface area contributed by atoms with Gasteiger partial charge in [0.05, 0.1) is 11.8 Å². The number of nitrogens with zero attached hydrogens (tertiary/aromatic N) is 3. The van der Waals surface area contributed by atoms with Crippen molar-refractivity contribution in [3.8, 4) is 11.4 Å². The van der Waals surface area contributed by atoms with Gasteiger partial charge in [0.25, 0.3) is 0 Å². The fourth-order valence-corrected chi connectivity index (χ4v) is 4.32. The number of anilines is 1. The van der Waals surface area contributed by atoms with E-state index in [1.165, 1.54) is 18.7 Å². The van der Waals surface area contributed by atoms with Gasteiger partial charge in [-0.1, -0.05) is 53.7 Å². The zero-order chi connectivity index (χ0) is 24.1. The van der Waals surface area contributed by atoms with Gasteiger partial charge in [-0.2, -0.15) is 0 Å². The summed E-state index contributed by atoms with van der Waals surface area (Å²) in [5, 5.41) is 12.6. The molecule has 34 heavy (non-hydrogen) atoms. The van der Waals surface area contributed by atoms with Gasteiger partial charge in [0.2, 0.25) is 5.91 Å². The lowest BCUT2D eigenvalue weighted by atomic mass is 10.1. The summed E-state index contributed by atoms with van der Waals surface area (Å²) in [6, 6.07) is 24.3. The number of hydrogen-bond donors (Lipinski definition) is 1. The van der Waals surface area contributed by atoms with Crippen LogP contribution in [0, 0.1) is 0 Å². The first kappa shape index (κ1) is 23.7. The Labute approximate surface area is 207 Å². The first-order valence-corrected chi connectivity index (χ1v) is 12.0. The van der Waals surface area contributed by atoms with Crippen LogP contribution in [0.3, 0.4) is 0 Å². The van der Waals surface area contributed by atoms with Crippen LogP contribution in [0.2, 0.25) is 5.02 Å². The molecule has 6 nitrogen and oxygen atoms in total. The lowest BCUT2D eigenvalue weighted by molar-refractivity contribution is -0.115. The Bertz CT molecular complexity index is 1290. The predicted molar refractivity (Wildman–Crippen MR) is 136 cm³/mol. The highest BCUT2D eigenvalue weighted by Crippen LogP contribution is 2.29. The summed E-state index contributed by atoms with van der Waals surface area (Å²) < 4.78 is 2.01. The molecule has 0 saturated heterocycles. The molecule has 0 aliphatic carbocycles. The van der Waals surface area contributed by atoms with Crippen LogP contribution in [0.25, 0.3) is 11.4 Å². The van der Waals surface area contributed by atoms with Crippen LogP contribution in [-0.2, 0) is 11.3 Å². The Morgan fingerprint density at radius 3 is 2.29 bits per heavy atom. The largest absolute Gasteiger partial charge is 0.325 e. The average Bonchev–Trinajstić information content (AvgIpc) is 3.22. The Balaban J connectivity index is 1.55. The minimum absolute atomic E-state index is 0.0176. The molecular weight excluding hydrogens is 468 g/mol. The van der Waals surface area contributed by atoms with E-state index in [0.717, 1.165) is 11.1 Å². The summed E-state index contributed by atoms with van der Waals surface area (Å²) in [7, 11) is 0. The van der Waals surface area contributed by atoms with Gasteiger partial charge < -0.3 is 5.32 Å². The number of amides is 1. The third-order valence-electron chi connectivity index (χ3n) is 5.21. The SMILES string of the molecule is CC(=O)c1ccc(NC(=O)C(C)Sc2nnc(-c3ccc(Cl)cc3)n2Cc2ccccc2)cc1. The fraction of sp³-hybridized carbons (Fsp3) is 0.154. The quantitative estimate of drug-likeness (QED) is 0.243. The summed E-state index contributed by atoms with van der Waals surface area (Å²) in [5.41, 5.74) is 3.23. The number of Topliss-reactive ketones (excluding diaryl/α,β-unsaturated/α-hetero) is 1. The van der Waals surface area contributed by atoms with Crippen molar-refractivity contribution in [1.82, 2.24) is 14.8 Å². The highest BCUT2D eigenvalue weighted by atomic mass is 35.5. The van der Waals surface area contributed by atoms with Crippen molar-refractivity contribution in [3.63, 3.8) is 0 Å². The molecule has 0 saturated carbocycles. The van der Waals surface area contributed by atoms with E-state index in [1.54, 1.807) is 24.3 Å². The smallest absolute Gasteiger partial charge is 0.237 e. The van der Waals surface area contributed by atoms with Gasteiger partial charge in [0.1, 0.15) is 0 Å². The second-order valence-corrected chi connectivity index (χ2v) is 9.51. The maximum atomic E-state index is 12.8. The van der Waals surface area contributed by atoms with Crippen LogP contribution < -0.4 is 5.32 Å². The van der Waals surface area contributed by atoms with E-state index in [1.807, 2.05) is 66.1 Å². The van der Waals surface area contributed by atoms with E-state index in [0.29, 0.717) is 33.8 Å². The Morgan fingerprint density at radius 2 is 1.65 bits per heavy atom. The number of rotatable bonds is 8. The van der Waals surface area contributed by atoms with Gasteiger partial charge in [-0.15, -0.1) is 10.2 Å². The Hall–Kier alpha value is -3.42. The molecule has 1 atom stereocenters. The second kappa shape index (κ2) is 10.7. The predicted octanol–water partition coefficient (Wildman–Crippen LogP) is 5.97. The zero-order valence-corrected chi connectivity index (χ0v) is 20.3. The van der Waals surface area contributed by atoms with Crippen LogP contribution in [-0.4, -0.2) is 31.7 Å². The normalized spacial score (nSPS) is 11.7. The van der Waals surface area contributed by atoms with Crippen molar-refractivity contribution >= 4 is 40.7 Å². The Morgan fingerprint density at radius 1 is 0.971 bits per heavy atom. The topological polar surface area (TPSA) is 76.9 Å². The first-order chi connectivity index (χ1) is 16.4. The number of benzene rings is 3. The van der Waals surface area contributed by atoms with E-state index >= 15 is 0 Å². The van der Waals surface area contributed by atoms with Crippen LogP contribution in [0.5, 0.6) is 0 Å². The lowest BCUT2D eigenvalue weighted by Crippen LogP contribution is -2.23. The summed E-state index contributed by atoms with van der Waals surface area (Å²) in [6.45, 7) is 3.90. The van der Waals surface area contributed by atoms with Gasteiger partial charge in [0.15, 0.2) is 16.8 Å². The number of hydrogen-bond acceptors (Lipinski definition) is 5. The van der Waals surface area contributed by atoms with Crippen molar-refractivity contribution in [2.75, 3.05) is 5.32 Å². The molecule has 4 aromatic rings. The molecule has 0 bridgehead atoms. The molecule has 8 heteroatoms. The average molecular weight is 491 g/mol. The van der Waals surface area contributed by atoms with Crippen LogP contribution in [0.4, 0.5) is 5.69 Å². The maximum Gasteiger partial charge on any atom is 0.237 e. The van der Waals surface area contributed by atoms with Crippen LogP contribution >= 0.6 is 23.4 Å². The third kappa shape index (κ3) is 5.73. The Kier molecular flexibility index (Phi) is 7.45. The monoisotopic (exact) mass is 490 g/mol. The molecule has 1 N–H and O–H groups in total. The molecule has 172 valence electrons. The number of carbonyl (C=O) groups excluding carboxylic acids is 2. The molecule has 0 radical (unpaired) electrons. The lowest BCUT2D eigenvalue weighted by Gasteiger charge is -2.14. The van der Waals surface area contributed by atoms with E-state index in [2.05, 4.69) is 15.5 Å². The number of nitrogens with one attached hydrogen (secondary N) is 1. The summed E-state index contributed by atoms with van der Waals surface area (Å²) in [5.74, 6) is 0.523. The van der Waals surface area contributed by atoms with Crippen molar-refractivity contribution in [1.29, 1.82) is 0 Å². The molecule has 0 aliphatic heterocycles. The minimum atomic E-state index is -0.427. The van der Waals surface area contributed by atoms with E-state index < -0.39 is 5.25 Å². The highest BCUT2D eigenvalue weighted by Gasteiger charge is 2.21. The van der Waals surface area contributed by atoms with Crippen LogP contribution in [0.15, 0.2) is 84.0 Å². The number of aromatic nitrogens is 3. The van der Waals surface area contributed by atoms with Gasteiger partial charge >= 0.3 is 0 Å². The number of ketones is 1. The molecule has 1 aromatic heterocycles. The summed E-state index contributed by atoms with van der Waals surface area (Å²) in [6.07, 6.45) is 0.